The monoisotopic (exact) mass is 294 g/mol. The van der Waals surface area contributed by atoms with Gasteiger partial charge in [-0.3, -0.25) is 0 Å². The number of hydrogen-bond acceptors (Lipinski definition) is 2. The highest BCUT2D eigenvalue weighted by Gasteiger charge is 2.24. The van der Waals surface area contributed by atoms with Crippen molar-refractivity contribution in [2.24, 2.45) is 5.92 Å². The van der Waals surface area contributed by atoms with Crippen LogP contribution < -0.4 is 5.32 Å². The van der Waals surface area contributed by atoms with E-state index in [1.54, 1.807) is 0 Å². The Bertz CT molecular complexity index is 413. The average Bonchev–Trinajstić information content (AvgIpc) is 2.47. The summed E-state index contributed by atoms with van der Waals surface area (Å²) in [5.41, 5.74) is 1.27. The largest absolute Gasteiger partial charge is 0.307 e. The van der Waals surface area contributed by atoms with E-state index in [1.807, 2.05) is 12.1 Å². The third kappa shape index (κ3) is 4.21. The Kier molecular flexibility index (Phi) is 5.88. The van der Waals surface area contributed by atoms with Gasteiger partial charge in [0.05, 0.1) is 0 Å². The van der Waals surface area contributed by atoms with Gasteiger partial charge in [0.15, 0.2) is 0 Å². The number of hydrogen-bond donors (Lipinski definition) is 1. The van der Waals surface area contributed by atoms with E-state index in [9.17, 15) is 0 Å². The molecule has 112 valence electrons. The Morgan fingerprint density at radius 3 is 2.60 bits per heavy atom. The molecule has 1 heterocycles. The first kappa shape index (κ1) is 15.8. The first-order chi connectivity index (χ1) is 9.60. The van der Waals surface area contributed by atoms with Crippen molar-refractivity contribution in [2.45, 2.75) is 45.7 Å². The zero-order valence-corrected chi connectivity index (χ0v) is 13.7. The van der Waals surface area contributed by atoms with E-state index in [0.29, 0.717) is 12.1 Å². The Labute approximate surface area is 128 Å². The van der Waals surface area contributed by atoms with Crippen molar-refractivity contribution in [3.8, 4) is 0 Å². The molecule has 1 fully saturated rings. The molecule has 0 bridgehead atoms. The molecule has 3 heteroatoms. The molecule has 1 aromatic carbocycles. The van der Waals surface area contributed by atoms with Crippen molar-refractivity contribution in [1.29, 1.82) is 0 Å². The molecule has 2 atom stereocenters. The summed E-state index contributed by atoms with van der Waals surface area (Å²) in [6, 6.07) is 9.08. The number of benzene rings is 1. The second-order valence-electron chi connectivity index (χ2n) is 6.00. The first-order valence-electron chi connectivity index (χ1n) is 7.84. The van der Waals surface area contributed by atoms with Crippen LogP contribution in [0.1, 0.15) is 45.2 Å². The van der Waals surface area contributed by atoms with Crippen LogP contribution in [-0.2, 0) is 0 Å². The zero-order valence-electron chi connectivity index (χ0n) is 12.9. The van der Waals surface area contributed by atoms with Gasteiger partial charge in [0, 0.05) is 17.1 Å². The van der Waals surface area contributed by atoms with E-state index in [-0.39, 0.29) is 0 Å². The summed E-state index contributed by atoms with van der Waals surface area (Å²) >= 11 is 6.07. The Balaban J connectivity index is 1.86. The Morgan fingerprint density at radius 1 is 1.30 bits per heavy atom. The molecule has 2 unspecified atom stereocenters. The molecule has 1 aromatic rings. The molecule has 0 spiro atoms. The fourth-order valence-electron chi connectivity index (χ4n) is 3.17. The molecule has 0 aliphatic carbocycles. The maximum absolute atomic E-state index is 6.07. The molecule has 1 aliphatic rings. The van der Waals surface area contributed by atoms with E-state index < -0.39 is 0 Å². The van der Waals surface area contributed by atoms with Crippen LogP contribution in [-0.4, -0.2) is 30.6 Å². The summed E-state index contributed by atoms with van der Waals surface area (Å²) in [6.45, 7) is 10.5. The van der Waals surface area contributed by atoms with Gasteiger partial charge in [0.25, 0.3) is 0 Å². The minimum Gasteiger partial charge on any atom is -0.307 e. The van der Waals surface area contributed by atoms with Crippen molar-refractivity contribution >= 4 is 11.6 Å². The van der Waals surface area contributed by atoms with Crippen molar-refractivity contribution < 1.29 is 0 Å². The fourth-order valence-corrected chi connectivity index (χ4v) is 3.37. The number of piperidine rings is 1. The van der Waals surface area contributed by atoms with Crippen molar-refractivity contribution in [1.82, 2.24) is 10.2 Å². The molecule has 1 N–H and O–H groups in total. The molecular weight excluding hydrogens is 268 g/mol. The highest BCUT2D eigenvalue weighted by Crippen LogP contribution is 2.23. The van der Waals surface area contributed by atoms with Gasteiger partial charge in [0.2, 0.25) is 0 Å². The van der Waals surface area contributed by atoms with Crippen LogP contribution in [0, 0.1) is 5.92 Å². The van der Waals surface area contributed by atoms with E-state index in [1.165, 1.54) is 38.0 Å². The van der Waals surface area contributed by atoms with Crippen molar-refractivity contribution in [3.05, 3.63) is 34.9 Å². The lowest BCUT2D eigenvalue weighted by molar-refractivity contribution is 0.165. The summed E-state index contributed by atoms with van der Waals surface area (Å²) in [6.07, 6.45) is 2.62. The van der Waals surface area contributed by atoms with Crippen molar-refractivity contribution in [3.63, 3.8) is 0 Å². The van der Waals surface area contributed by atoms with Gasteiger partial charge in [-0.2, -0.15) is 0 Å². The molecule has 0 amide bonds. The minimum absolute atomic E-state index is 0.355. The lowest BCUT2D eigenvalue weighted by Crippen LogP contribution is -2.42. The Morgan fingerprint density at radius 2 is 2.00 bits per heavy atom. The van der Waals surface area contributed by atoms with Crippen LogP contribution in [0.3, 0.4) is 0 Å². The maximum atomic E-state index is 6.07. The van der Waals surface area contributed by atoms with Gasteiger partial charge >= 0.3 is 0 Å². The third-order valence-corrected chi connectivity index (χ3v) is 4.88. The average molecular weight is 295 g/mol. The number of rotatable bonds is 5. The van der Waals surface area contributed by atoms with Crippen LogP contribution in [0.2, 0.25) is 5.02 Å². The lowest BCUT2D eigenvalue weighted by atomic mass is 9.89. The molecule has 1 saturated heterocycles. The summed E-state index contributed by atoms with van der Waals surface area (Å²) in [5, 5.41) is 4.57. The molecule has 1 aliphatic heterocycles. The first-order valence-corrected chi connectivity index (χ1v) is 8.21. The molecule has 20 heavy (non-hydrogen) atoms. The molecule has 0 radical (unpaired) electrons. The topological polar surface area (TPSA) is 15.3 Å². The van der Waals surface area contributed by atoms with Crippen molar-refractivity contribution in [2.75, 3.05) is 19.6 Å². The van der Waals surface area contributed by atoms with E-state index in [0.717, 1.165) is 10.9 Å². The second kappa shape index (κ2) is 7.44. The fraction of sp³-hybridized carbons (Fsp3) is 0.647. The van der Waals surface area contributed by atoms with Gasteiger partial charge in [-0.05, 0) is 69.9 Å². The second-order valence-corrected chi connectivity index (χ2v) is 6.44. The number of halogens is 1. The number of likely N-dealkylation sites (tertiary alicyclic amines) is 1. The van der Waals surface area contributed by atoms with Gasteiger partial charge in [0.1, 0.15) is 0 Å². The summed E-state index contributed by atoms with van der Waals surface area (Å²) in [7, 11) is 0. The molecular formula is C17H27ClN2. The normalized spacial score (nSPS) is 20.8. The summed E-state index contributed by atoms with van der Waals surface area (Å²) < 4.78 is 0. The van der Waals surface area contributed by atoms with E-state index in [4.69, 9.17) is 11.6 Å². The third-order valence-electron chi connectivity index (χ3n) is 4.65. The predicted molar refractivity (Wildman–Crippen MR) is 87.3 cm³/mol. The molecule has 2 nitrogen and oxygen atoms in total. The SMILES string of the molecule is CCN1CCC(C(C)NC(C)c2cccc(Cl)c2)CC1. The summed E-state index contributed by atoms with van der Waals surface area (Å²) in [5.74, 6) is 0.791. The zero-order chi connectivity index (χ0) is 14.5. The smallest absolute Gasteiger partial charge is 0.0409 e. The number of nitrogens with one attached hydrogen (secondary N) is 1. The lowest BCUT2D eigenvalue weighted by Gasteiger charge is -2.35. The molecule has 0 saturated carbocycles. The Hall–Kier alpha value is -0.570. The highest BCUT2D eigenvalue weighted by molar-refractivity contribution is 6.30. The van der Waals surface area contributed by atoms with Gasteiger partial charge < -0.3 is 10.2 Å². The van der Waals surface area contributed by atoms with Crippen LogP contribution in [0.5, 0.6) is 0 Å². The van der Waals surface area contributed by atoms with Crippen LogP contribution in [0.25, 0.3) is 0 Å². The van der Waals surface area contributed by atoms with Gasteiger partial charge in [-0.25, -0.2) is 0 Å². The quantitative estimate of drug-likeness (QED) is 0.879. The van der Waals surface area contributed by atoms with Crippen LogP contribution in [0.15, 0.2) is 24.3 Å². The molecule has 2 rings (SSSR count). The minimum atomic E-state index is 0.355. The maximum Gasteiger partial charge on any atom is 0.0409 e. The van der Waals surface area contributed by atoms with E-state index >= 15 is 0 Å². The molecule has 0 aromatic heterocycles. The van der Waals surface area contributed by atoms with Crippen LogP contribution >= 0.6 is 11.6 Å². The van der Waals surface area contributed by atoms with Gasteiger partial charge in [-0.15, -0.1) is 0 Å². The van der Waals surface area contributed by atoms with E-state index in [2.05, 4.69) is 43.1 Å². The summed E-state index contributed by atoms with van der Waals surface area (Å²) in [4.78, 5) is 2.55. The highest BCUT2D eigenvalue weighted by atomic mass is 35.5. The number of nitrogens with zero attached hydrogens (tertiary/aromatic N) is 1. The standard InChI is InChI=1S/C17H27ClN2/c1-4-20-10-8-15(9-11-20)13(2)19-14(3)16-6-5-7-17(18)12-16/h5-7,12-15,19H,4,8-11H2,1-3H3. The predicted octanol–water partition coefficient (Wildman–Crippen LogP) is 4.11. The van der Waals surface area contributed by atoms with Gasteiger partial charge in [-0.1, -0.05) is 30.7 Å². The van der Waals surface area contributed by atoms with Crippen LogP contribution in [0.4, 0.5) is 0 Å².